The first kappa shape index (κ1) is 20.2. The summed E-state index contributed by atoms with van der Waals surface area (Å²) in [6.07, 6.45) is 2.21. The van der Waals surface area contributed by atoms with Gasteiger partial charge >= 0.3 is 0 Å². The van der Waals surface area contributed by atoms with Gasteiger partial charge in [0.25, 0.3) is 5.91 Å². The second-order valence-electron chi connectivity index (χ2n) is 6.68. The number of halogens is 1. The number of aromatic carboxylic acids is 1. The Balaban J connectivity index is 1.52. The molecule has 2 aromatic carbocycles. The Kier molecular flexibility index (Phi) is 6.33. The van der Waals surface area contributed by atoms with Gasteiger partial charge in [0.1, 0.15) is 5.82 Å². The topological polar surface area (TPSA) is 102 Å². The van der Waals surface area contributed by atoms with Gasteiger partial charge in [-0.1, -0.05) is 24.3 Å². The summed E-state index contributed by atoms with van der Waals surface area (Å²) in [7, 11) is 0. The molecule has 0 unspecified atom stereocenters. The van der Waals surface area contributed by atoms with Gasteiger partial charge in [-0.15, -0.1) is 0 Å². The number of carbonyl (C=O) groups is 3. The van der Waals surface area contributed by atoms with Crippen LogP contribution in [0.25, 0.3) is 0 Å². The summed E-state index contributed by atoms with van der Waals surface area (Å²) < 4.78 is 13.0. The maximum atomic E-state index is 13.0. The number of carbonyl (C=O) groups excluding carboxylic acids is 3. The lowest BCUT2D eigenvalue weighted by Crippen LogP contribution is -2.42. The van der Waals surface area contributed by atoms with E-state index in [1.807, 2.05) is 0 Å². The Hall–Kier alpha value is -3.55. The van der Waals surface area contributed by atoms with E-state index in [2.05, 4.69) is 10.5 Å². The number of nitrogens with zero attached hydrogens (tertiary/aromatic N) is 2. The molecule has 150 valence electrons. The highest BCUT2D eigenvalue weighted by atomic mass is 19.1. The van der Waals surface area contributed by atoms with Crippen LogP contribution in [0.3, 0.4) is 0 Å². The van der Waals surface area contributed by atoms with Crippen molar-refractivity contribution in [2.45, 2.75) is 12.8 Å². The van der Waals surface area contributed by atoms with Gasteiger partial charge in [-0.05, 0) is 37.1 Å². The fourth-order valence-corrected chi connectivity index (χ4v) is 3.17. The lowest BCUT2D eigenvalue weighted by molar-refractivity contribution is -0.255. The maximum absolute atomic E-state index is 13.0. The van der Waals surface area contributed by atoms with Crippen LogP contribution < -0.4 is 10.5 Å². The molecule has 0 atom stereocenters. The van der Waals surface area contributed by atoms with Crippen LogP contribution >= 0.6 is 0 Å². The molecule has 29 heavy (non-hydrogen) atoms. The minimum atomic E-state index is -1.32. The third-order valence-corrected chi connectivity index (χ3v) is 4.80. The van der Waals surface area contributed by atoms with Crippen LogP contribution in [0.5, 0.6) is 0 Å². The lowest BCUT2D eigenvalue weighted by atomic mass is 9.95. The highest BCUT2D eigenvalue weighted by molar-refractivity contribution is 5.97. The van der Waals surface area contributed by atoms with Gasteiger partial charge in [0.05, 0.1) is 12.2 Å². The van der Waals surface area contributed by atoms with Gasteiger partial charge in [0.2, 0.25) is 5.91 Å². The first-order valence-electron chi connectivity index (χ1n) is 9.14. The third-order valence-electron chi connectivity index (χ3n) is 4.80. The molecule has 1 aliphatic heterocycles. The predicted octanol–water partition coefficient (Wildman–Crippen LogP) is 1.19. The summed E-state index contributed by atoms with van der Waals surface area (Å²) in [4.78, 5) is 37.4. The number of amides is 2. The van der Waals surface area contributed by atoms with Crippen molar-refractivity contribution in [2.24, 2.45) is 11.0 Å². The number of piperidine rings is 1. The van der Waals surface area contributed by atoms with Gasteiger partial charge in [0.15, 0.2) is 0 Å². The Bertz CT molecular complexity index is 935. The van der Waals surface area contributed by atoms with E-state index in [0.717, 1.165) is 0 Å². The molecule has 2 aromatic rings. The Morgan fingerprint density at radius 3 is 2.38 bits per heavy atom. The zero-order valence-electron chi connectivity index (χ0n) is 15.5. The molecule has 0 aliphatic carbocycles. The Morgan fingerprint density at radius 1 is 1.07 bits per heavy atom. The summed E-state index contributed by atoms with van der Waals surface area (Å²) >= 11 is 0. The molecular weight excluding hydrogens is 377 g/mol. The third kappa shape index (κ3) is 5.04. The first-order chi connectivity index (χ1) is 14.0. The van der Waals surface area contributed by atoms with Crippen molar-refractivity contribution < 1.29 is 23.9 Å². The average molecular weight is 396 g/mol. The molecule has 2 amide bonds. The number of hydrazone groups is 1. The summed E-state index contributed by atoms with van der Waals surface area (Å²) in [6.45, 7) is 0.817. The molecule has 3 rings (SSSR count). The van der Waals surface area contributed by atoms with Crippen molar-refractivity contribution in [2.75, 3.05) is 13.1 Å². The van der Waals surface area contributed by atoms with Crippen LogP contribution in [0.1, 0.15) is 39.1 Å². The van der Waals surface area contributed by atoms with E-state index in [4.69, 9.17) is 0 Å². The van der Waals surface area contributed by atoms with Crippen LogP contribution in [-0.4, -0.2) is 42.0 Å². The van der Waals surface area contributed by atoms with Gasteiger partial charge in [-0.2, -0.15) is 5.10 Å². The minimum absolute atomic E-state index is 0.0156. The molecule has 1 fully saturated rings. The number of hydrogen-bond donors (Lipinski definition) is 1. The Labute approximate surface area is 166 Å². The lowest BCUT2D eigenvalue weighted by Gasteiger charge is -2.31. The molecule has 1 aliphatic rings. The first-order valence-corrected chi connectivity index (χ1v) is 9.14. The second-order valence-corrected chi connectivity index (χ2v) is 6.68. The molecule has 0 radical (unpaired) electrons. The normalized spacial score (nSPS) is 14.7. The smallest absolute Gasteiger partial charge is 0.253 e. The van der Waals surface area contributed by atoms with Crippen LogP contribution in [0, 0.1) is 11.7 Å². The van der Waals surface area contributed by atoms with Gasteiger partial charge in [0, 0.05) is 35.7 Å². The van der Waals surface area contributed by atoms with Crippen molar-refractivity contribution in [3.63, 3.8) is 0 Å². The van der Waals surface area contributed by atoms with E-state index < -0.39 is 11.8 Å². The molecular formula is C21H19FN3O4-. The molecule has 0 saturated carbocycles. The van der Waals surface area contributed by atoms with E-state index in [-0.39, 0.29) is 23.3 Å². The number of carboxylic acid groups (broad SMARTS) is 1. The molecule has 7 nitrogen and oxygen atoms in total. The van der Waals surface area contributed by atoms with E-state index in [0.29, 0.717) is 37.1 Å². The van der Waals surface area contributed by atoms with Crippen molar-refractivity contribution in [1.82, 2.24) is 10.3 Å². The zero-order chi connectivity index (χ0) is 20.8. The second kappa shape index (κ2) is 9.09. The number of carboxylic acids is 1. The van der Waals surface area contributed by atoms with Gasteiger partial charge < -0.3 is 14.8 Å². The van der Waals surface area contributed by atoms with Crippen LogP contribution in [0.2, 0.25) is 0 Å². The SMILES string of the molecule is O=C([O-])c1ccccc1/C=N\NC(=O)C1CCN(C(=O)c2ccc(F)cc2)CC1. The molecule has 0 aromatic heterocycles. The summed E-state index contributed by atoms with van der Waals surface area (Å²) in [6, 6.07) is 11.5. The standard InChI is InChI=1S/C21H20FN3O4/c22-17-7-5-15(6-8-17)20(27)25-11-9-14(10-12-25)19(26)24-23-13-16-3-1-2-4-18(16)21(28)29/h1-8,13-14H,9-12H2,(H,24,26)(H,28,29)/p-1/b23-13-. The molecule has 0 bridgehead atoms. The van der Waals surface area contributed by atoms with Crippen LogP contribution in [0.15, 0.2) is 53.6 Å². The average Bonchev–Trinajstić information content (AvgIpc) is 2.74. The fourth-order valence-electron chi connectivity index (χ4n) is 3.17. The molecule has 1 saturated heterocycles. The van der Waals surface area contributed by atoms with Gasteiger partial charge in [-0.25, -0.2) is 9.82 Å². The number of likely N-dealkylation sites (tertiary alicyclic amines) is 1. The minimum Gasteiger partial charge on any atom is -0.545 e. The summed E-state index contributed by atoms with van der Waals surface area (Å²) in [5, 5.41) is 14.9. The highest BCUT2D eigenvalue weighted by Gasteiger charge is 2.27. The van der Waals surface area contributed by atoms with Gasteiger partial charge in [-0.3, -0.25) is 9.59 Å². The number of rotatable bonds is 5. The molecule has 1 heterocycles. The monoisotopic (exact) mass is 396 g/mol. The number of hydrogen-bond acceptors (Lipinski definition) is 5. The van der Waals surface area contributed by atoms with Crippen molar-refractivity contribution >= 4 is 24.0 Å². The van der Waals surface area contributed by atoms with E-state index >= 15 is 0 Å². The maximum Gasteiger partial charge on any atom is 0.253 e. The quantitative estimate of drug-likeness (QED) is 0.606. The van der Waals surface area contributed by atoms with Crippen molar-refractivity contribution in [3.8, 4) is 0 Å². The number of nitrogens with one attached hydrogen (secondary N) is 1. The van der Waals surface area contributed by atoms with Crippen LogP contribution in [-0.2, 0) is 4.79 Å². The Morgan fingerprint density at radius 2 is 1.72 bits per heavy atom. The molecule has 1 N–H and O–H groups in total. The molecule has 0 spiro atoms. The fraction of sp³-hybridized carbons (Fsp3) is 0.238. The van der Waals surface area contributed by atoms with E-state index in [9.17, 15) is 23.9 Å². The van der Waals surface area contributed by atoms with E-state index in [1.54, 1.807) is 23.1 Å². The zero-order valence-corrected chi connectivity index (χ0v) is 15.5. The predicted molar refractivity (Wildman–Crippen MR) is 102 cm³/mol. The highest BCUT2D eigenvalue weighted by Crippen LogP contribution is 2.19. The largest absolute Gasteiger partial charge is 0.545 e. The van der Waals surface area contributed by atoms with Crippen LogP contribution in [0.4, 0.5) is 4.39 Å². The molecule has 8 heteroatoms. The van der Waals surface area contributed by atoms with Crippen molar-refractivity contribution in [3.05, 3.63) is 71.0 Å². The number of benzene rings is 2. The van der Waals surface area contributed by atoms with E-state index in [1.165, 1.54) is 36.5 Å². The summed E-state index contributed by atoms with van der Waals surface area (Å²) in [5.74, 6) is -2.51. The summed E-state index contributed by atoms with van der Waals surface area (Å²) in [5.41, 5.74) is 3.14. The van der Waals surface area contributed by atoms with Crippen molar-refractivity contribution in [1.29, 1.82) is 0 Å².